The highest BCUT2D eigenvalue weighted by molar-refractivity contribution is 5.69. The summed E-state index contributed by atoms with van der Waals surface area (Å²) in [5.74, 6) is 0.267. The van der Waals surface area contributed by atoms with Crippen LogP contribution >= 0.6 is 0 Å². The maximum absolute atomic E-state index is 11.2. The Morgan fingerprint density at radius 1 is 1.48 bits per heavy atom. The summed E-state index contributed by atoms with van der Waals surface area (Å²) < 4.78 is 5.13. The molecule has 1 unspecified atom stereocenters. The lowest BCUT2D eigenvalue weighted by Gasteiger charge is -2.21. The van der Waals surface area contributed by atoms with Crippen LogP contribution in [-0.2, 0) is 4.74 Å². The van der Waals surface area contributed by atoms with Crippen molar-refractivity contribution < 1.29 is 14.8 Å². The second kappa shape index (κ2) is 6.64. The van der Waals surface area contributed by atoms with E-state index in [4.69, 9.17) is 4.74 Å². The lowest BCUT2D eigenvalue weighted by Crippen LogP contribution is -2.37. The first-order chi connectivity index (χ1) is 10.1. The molecule has 1 fully saturated rings. The molecule has 2 rings (SSSR count). The summed E-state index contributed by atoms with van der Waals surface area (Å²) in [7, 11) is 0. The Morgan fingerprint density at radius 2 is 2.19 bits per heavy atom. The van der Waals surface area contributed by atoms with Crippen LogP contribution in [0.5, 0.6) is 0 Å². The molecule has 1 saturated heterocycles. The lowest BCUT2D eigenvalue weighted by atomic mass is 10.0. The van der Waals surface area contributed by atoms with Crippen LogP contribution in [0.1, 0.15) is 19.8 Å². The lowest BCUT2D eigenvalue weighted by molar-refractivity contribution is -0.383. The second-order valence-electron chi connectivity index (χ2n) is 4.98. The summed E-state index contributed by atoms with van der Waals surface area (Å²) in [5, 5.41) is 27.1. The zero-order valence-electron chi connectivity index (χ0n) is 11.8. The first kappa shape index (κ1) is 15.4. The molecule has 1 aromatic heterocycles. The third-order valence-electron chi connectivity index (χ3n) is 3.21. The van der Waals surface area contributed by atoms with Gasteiger partial charge in [0.25, 0.3) is 0 Å². The largest absolute Gasteiger partial charge is 0.386 e. The van der Waals surface area contributed by atoms with Crippen molar-refractivity contribution in [1.29, 1.82) is 0 Å². The maximum Gasteiger partial charge on any atom is 0.353 e. The van der Waals surface area contributed by atoms with Crippen molar-refractivity contribution in [3.8, 4) is 0 Å². The molecule has 0 aliphatic carbocycles. The number of nitrogens with zero attached hydrogens (tertiary/aromatic N) is 3. The molecule has 21 heavy (non-hydrogen) atoms. The fraction of sp³-hybridized carbons (Fsp3) is 0.667. The zero-order chi connectivity index (χ0) is 15.3. The Morgan fingerprint density at radius 3 is 2.76 bits per heavy atom. The number of nitrogens with one attached hydrogen (secondary N) is 2. The molecule has 0 radical (unpaired) electrons. The van der Waals surface area contributed by atoms with E-state index in [1.807, 2.05) is 6.92 Å². The van der Waals surface area contributed by atoms with Crippen molar-refractivity contribution in [1.82, 2.24) is 9.97 Å². The van der Waals surface area contributed by atoms with Gasteiger partial charge < -0.3 is 20.5 Å². The van der Waals surface area contributed by atoms with E-state index < -0.39 is 10.5 Å². The predicted octanol–water partition coefficient (Wildman–Crippen LogP) is 0.770. The third kappa shape index (κ3) is 3.76. The number of ether oxygens (including phenoxy) is 1. The van der Waals surface area contributed by atoms with Crippen molar-refractivity contribution in [2.24, 2.45) is 0 Å². The van der Waals surface area contributed by atoms with Gasteiger partial charge in [-0.2, -0.15) is 0 Å². The van der Waals surface area contributed by atoms with Crippen LogP contribution in [0.25, 0.3) is 0 Å². The molecule has 2 heterocycles. The van der Waals surface area contributed by atoms with E-state index in [1.54, 1.807) is 0 Å². The maximum atomic E-state index is 11.2. The molecule has 0 amide bonds. The van der Waals surface area contributed by atoms with Crippen LogP contribution in [0.4, 0.5) is 17.3 Å². The first-order valence-electron chi connectivity index (χ1n) is 6.83. The van der Waals surface area contributed by atoms with Crippen LogP contribution in [0.15, 0.2) is 6.33 Å². The number of hydrogen-bond acceptors (Lipinski definition) is 8. The molecule has 3 N–H and O–H groups in total. The van der Waals surface area contributed by atoms with Crippen LogP contribution in [-0.4, -0.2) is 51.9 Å². The Labute approximate surface area is 121 Å². The molecule has 0 aromatic carbocycles. The number of aliphatic hydroxyl groups is 1. The van der Waals surface area contributed by atoms with Gasteiger partial charge in [-0.25, -0.2) is 9.97 Å². The Balaban J connectivity index is 2.15. The van der Waals surface area contributed by atoms with E-state index >= 15 is 0 Å². The van der Waals surface area contributed by atoms with Crippen LogP contribution in [0.3, 0.4) is 0 Å². The first-order valence-corrected chi connectivity index (χ1v) is 6.83. The molecule has 1 aliphatic heterocycles. The Kier molecular flexibility index (Phi) is 4.86. The topological polar surface area (TPSA) is 122 Å². The van der Waals surface area contributed by atoms with Crippen molar-refractivity contribution >= 4 is 17.3 Å². The van der Waals surface area contributed by atoms with E-state index in [0.717, 1.165) is 6.42 Å². The minimum absolute atomic E-state index is 0.0916. The summed E-state index contributed by atoms with van der Waals surface area (Å²) in [4.78, 5) is 18.5. The number of aromatic nitrogens is 2. The van der Waals surface area contributed by atoms with Gasteiger partial charge in [0.05, 0.1) is 11.5 Å². The fourth-order valence-electron chi connectivity index (χ4n) is 2.04. The highest BCUT2D eigenvalue weighted by Crippen LogP contribution is 2.29. The summed E-state index contributed by atoms with van der Waals surface area (Å²) in [5.41, 5.74) is -1.23. The molecule has 1 aromatic rings. The minimum Gasteiger partial charge on any atom is -0.386 e. The van der Waals surface area contributed by atoms with Gasteiger partial charge in [0, 0.05) is 26.1 Å². The molecule has 116 valence electrons. The molecule has 0 bridgehead atoms. The Bertz CT molecular complexity index is 504. The highest BCUT2D eigenvalue weighted by Gasteiger charge is 2.33. The van der Waals surface area contributed by atoms with E-state index in [2.05, 4.69) is 20.6 Å². The molecular formula is C12H19N5O4. The van der Waals surface area contributed by atoms with Gasteiger partial charge in [-0.3, -0.25) is 10.1 Å². The quantitative estimate of drug-likeness (QED) is 0.498. The average Bonchev–Trinajstić information content (AvgIpc) is 2.90. The van der Waals surface area contributed by atoms with E-state index in [0.29, 0.717) is 19.6 Å². The number of anilines is 2. The van der Waals surface area contributed by atoms with Gasteiger partial charge in [-0.1, -0.05) is 6.92 Å². The zero-order valence-corrected chi connectivity index (χ0v) is 11.8. The van der Waals surface area contributed by atoms with Crippen LogP contribution < -0.4 is 10.6 Å². The normalized spacial score (nSPS) is 21.2. The van der Waals surface area contributed by atoms with E-state index in [-0.39, 0.29) is 30.5 Å². The van der Waals surface area contributed by atoms with Gasteiger partial charge in [-0.05, 0) is 6.42 Å². The Hall–Kier alpha value is -2.00. The summed E-state index contributed by atoms with van der Waals surface area (Å²) in [6.07, 6.45) is 2.56. The fourth-order valence-corrected chi connectivity index (χ4v) is 2.04. The van der Waals surface area contributed by atoms with Gasteiger partial charge in [0.1, 0.15) is 11.9 Å². The number of rotatable bonds is 7. The standard InChI is InChI=1S/C12H19N5O4/c1-2-4-13-10-9(17(19)20)11(16-8-15-10)14-6-12(18)3-5-21-7-12/h8,18H,2-7H2,1H3,(H2,13,14,15,16). The minimum atomic E-state index is -1.02. The summed E-state index contributed by atoms with van der Waals surface area (Å²) >= 11 is 0. The third-order valence-corrected chi connectivity index (χ3v) is 3.21. The predicted molar refractivity (Wildman–Crippen MR) is 76.3 cm³/mol. The van der Waals surface area contributed by atoms with Crippen molar-refractivity contribution in [3.05, 3.63) is 16.4 Å². The smallest absolute Gasteiger partial charge is 0.353 e. The molecule has 1 atom stereocenters. The number of nitro groups is 1. The van der Waals surface area contributed by atoms with Gasteiger partial charge in [0.15, 0.2) is 0 Å². The molecule has 0 spiro atoms. The SMILES string of the molecule is CCCNc1ncnc(NCC2(O)CCOC2)c1[N+](=O)[O-]. The highest BCUT2D eigenvalue weighted by atomic mass is 16.6. The van der Waals surface area contributed by atoms with Crippen molar-refractivity contribution in [3.63, 3.8) is 0 Å². The monoisotopic (exact) mass is 297 g/mol. The van der Waals surface area contributed by atoms with Crippen molar-refractivity contribution in [2.75, 3.05) is 36.9 Å². The van der Waals surface area contributed by atoms with Gasteiger partial charge in [0.2, 0.25) is 11.6 Å². The average molecular weight is 297 g/mol. The van der Waals surface area contributed by atoms with E-state index in [9.17, 15) is 15.2 Å². The summed E-state index contributed by atoms with van der Waals surface area (Å²) in [6.45, 7) is 3.36. The summed E-state index contributed by atoms with van der Waals surface area (Å²) in [6, 6.07) is 0. The second-order valence-corrected chi connectivity index (χ2v) is 4.98. The van der Waals surface area contributed by atoms with Gasteiger partial charge >= 0.3 is 5.69 Å². The van der Waals surface area contributed by atoms with E-state index in [1.165, 1.54) is 6.33 Å². The number of hydrogen-bond donors (Lipinski definition) is 3. The van der Waals surface area contributed by atoms with Crippen molar-refractivity contribution in [2.45, 2.75) is 25.4 Å². The molecule has 1 aliphatic rings. The molecule has 9 heteroatoms. The van der Waals surface area contributed by atoms with Crippen LogP contribution in [0.2, 0.25) is 0 Å². The molecular weight excluding hydrogens is 278 g/mol. The van der Waals surface area contributed by atoms with Gasteiger partial charge in [-0.15, -0.1) is 0 Å². The van der Waals surface area contributed by atoms with Crippen LogP contribution in [0, 0.1) is 10.1 Å². The molecule has 9 nitrogen and oxygen atoms in total. The molecule has 0 saturated carbocycles.